The van der Waals surface area contributed by atoms with E-state index in [2.05, 4.69) is 20.2 Å². The van der Waals surface area contributed by atoms with Crippen LogP contribution in [0.25, 0.3) is 11.3 Å². The van der Waals surface area contributed by atoms with E-state index < -0.39 is 0 Å². The summed E-state index contributed by atoms with van der Waals surface area (Å²) in [6.07, 6.45) is 3.72. The third-order valence-corrected chi connectivity index (χ3v) is 5.22. The number of thiazole rings is 1. The predicted molar refractivity (Wildman–Crippen MR) is 104 cm³/mol. The van der Waals surface area contributed by atoms with Crippen molar-refractivity contribution in [1.82, 2.24) is 14.9 Å². The van der Waals surface area contributed by atoms with Gasteiger partial charge in [-0.2, -0.15) is 0 Å². The van der Waals surface area contributed by atoms with E-state index in [0.717, 1.165) is 42.0 Å². The minimum absolute atomic E-state index is 0.0554. The summed E-state index contributed by atoms with van der Waals surface area (Å²) in [7, 11) is 0. The zero-order chi connectivity index (χ0) is 17.8. The smallest absolute Gasteiger partial charge is 0.241 e. The lowest BCUT2D eigenvalue weighted by Gasteiger charge is -2.23. The number of amides is 1. The number of anilines is 1. The highest BCUT2D eigenvalue weighted by atomic mass is 32.1. The number of aromatic nitrogens is 2. The van der Waals surface area contributed by atoms with E-state index in [4.69, 9.17) is 0 Å². The van der Waals surface area contributed by atoms with Crippen molar-refractivity contribution < 1.29 is 4.79 Å². The van der Waals surface area contributed by atoms with Crippen molar-refractivity contribution in [3.8, 4) is 11.3 Å². The van der Waals surface area contributed by atoms with Crippen LogP contribution in [0.1, 0.15) is 18.5 Å². The molecule has 1 N–H and O–H groups in total. The molecule has 26 heavy (non-hydrogen) atoms. The Balaban J connectivity index is 1.40. The topological polar surface area (TPSA) is 58.1 Å². The first-order valence-electron chi connectivity index (χ1n) is 8.73. The van der Waals surface area contributed by atoms with Crippen molar-refractivity contribution in [2.24, 2.45) is 0 Å². The number of nitrogens with one attached hydrogen (secondary N) is 1. The number of hydrogen-bond acceptors (Lipinski definition) is 5. The van der Waals surface area contributed by atoms with E-state index in [9.17, 15) is 4.79 Å². The summed E-state index contributed by atoms with van der Waals surface area (Å²) in [6.45, 7) is 1.64. The van der Waals surface area contributed by atoms with E-state index in [-0.39, 0.29) is 11.9 Å². The summed E-state index contributed by atoms with van der Waals surface area (Å²) in [4.78, 5) is 23.6. The maximum absolute atomic E-state index is 12.7. The van der Waals surface area contributed by atoms with Gasteiger partial charge in [-0.05, 0) is 43.7 Å². The van der Waals surface area contributed by atoms with Crippen molar-refractivity contribution >= 4 is 22.9 Å². The van der Waals surface area contributed by atoms with Crippen LogP contribution in [0.5, 0.6) is 0 Å². The van der Waals surface area contributed by atoms with Gasteiger partial charge in [0, 0.05) is 29.4 Å². The molecule has 1 fully saturated rings. The molecule has 0 spiro atoms. The van der Waals surface area contributed by atoms with E-state index in [1.165, 1.54) is 0 Å². The Morgan fingerprint density at radius 3 is 2.81 bits per heavy atom. The van der Waals surface area contributed by atoms with Crippen LogP contribution in [0, 0.1) is 0 Å². The van der Waals surface area contributed by atoms with E-state index in [1.54, 1.807) is 17.5 Å². The lowest BCUT2D eigenvalue weighted by Crippen LogP contribution is -2.39. The Labute approximate surface area is 156 Å². The maximum Gasteiger partial charge on any atom is 0.241 e. The number of carbonyl (C=O) groups excluding carboxylic acids is 1. The summed E-state index contributed by atoms with van der Waals surface area (Å²) in [6, 6.07) is 13.6. The van der Waals surface area contributed by atoms with E-state index in [0.29, 0.717) is 6.54 Å². The second-order valence-electron chi connectivity index (χ2n) is 6.39. The van der Waals surface area contributed by atoms with Crippen LogP contribution in [0.4, 0.5) is 5.69 Å². The molecule has 0 aliphatic carbocycles. The highest BCUT2D eigenvalue weighted by Crippen LogP contribution is 2.23. The van der Waals surface area contributed by atoms with Crippen LogP contribution in [0.3, 0.4) is 0 Å². The number of benzene rings is 1. The number of pyridine rings is 1. The van der Waals surface area contributed by atoms with Gasteiger partial charge in [-0.15, -0.1) is 11.3 Å². The van der Waals surface area contributed by atoms with Crippen LogP contribution in [-0.2, 0) is 11.3 Å². The molecule has 1 atom stereocenters. The highest BCUT2D eigenvalue weighted by molar-refractivity contribution is 7.07. The van der Waals surface area contributed by atoms with Gasteiger partial charge in [0.2, 0.25) is 5.91 Å². The molecule has 0 unspecified atom stereocenters. The zero-order valence-corrected chi connectivity index (χ0v) is 15.2. The van der Waals surface area contributed by atoms with Gasteiger partial charge in [0.25, 0.3) is 0 Å². The molecule has 3 aromatic rings. The summed E-state index contributed by atoms with van der Waals surface area (Å²) < 4.78 is 0. The van der Waals surface area contributed by atoms with Crippen molar-refractivity contribution in [3.05, 3.63) is 65.2 Å². The van der Waals surface area contributed by atoms with Gasteiger partial charge in [-0.25, -0.2) is 4.98 Å². The molecule has 2 aromatic heterocycles. The number of carbonyl (C=O) groups is 1. The van der Waals surface area contributed by atoms with Crippen molar-refractivity contribution in [3.63, 3.8) is 0 Å². The molecule has 132 valence electrons. The molecular formula is C20H20N4OS. The fourth-order valence-corrected chi connectivity index (χ4v) is 3.88. The van der Waals surface area contributed by atoms with Gasteiger partial charge in [0.1, 0.15) is 0 Å². The largest absolute Gasteiger partial charge is 0.325 e. The molecule has 1 aliphatic rings. The van der Waals surface area contributed by atoms with Gasteiger partial charge in [-0.3, -0.25) is 14.7 Å². The summed E-state index contributed by atoms with van der Waals surface area (Å²) in [5.41, 5.74) is 5.66. The van der Waals surface area contributed by atoms with Gasteiger partial charge in [-0.1, -0.05) is 18.2 Å². The van der Waals surface area contributed by atoms with Crippen molar-refractivity contribution in [2.75, 3.05) is 11.9 Å². The first-order valence-corrected chi connectivity index (χ1v) is 9.67. The Morgan fingerprint density at radius 1 is 1.19 bits per heavy atom. The van der Waals surface area contributed by atoms with Gasteiger partial charge in [0.05, 0.1) is 22.9 Å². The molecule has 1 amide bonds. The quantitative estimate of drug-likeness (QED) is 0.748. The van der Waals surface area contributed by atoms with Crippen LogP contribution >= 0.6 is 11.3 Å². The molecule has 4 rings (SSSR count). The van der Waals surface area contributed by atoms with E-state index >= 15 is 0 Å². The molecule has 1 aliphatic heterocycles. The van der Waals surface area contributed by atoms with Gasteiger partial charge in [0.15, 0.2) is 0 Å². The first kappa shape index (κ1) is 16.9. The summed E-state index contributed by atoms with van der Waals surface area (Å²) in [5, 5.41) is 5.07. The van der Waals surface area contributed by atoms with Crippen molar-refractivity contribution in [2.45, 2.75) is 25.4 Å². The highest BCUT2D eigenvalue weighted by Gasteiger charge is 2.30. The molecular weight excluding hydrogens is 344 g/mol. The maximum atomic E-state index is 12.7. The van der Waals surface area contributed by atoms with E-state index in [1.807, 2.05) is 53.4 Å². The SMILES string of the molecule is O=C(Nc1ccc(-c2cscn2)cc1)[C@H]1CCCN1Cc1ccccn1. The van der Waals surface area contributed by atoms with Crippen LogP contribution in [0.15, 0.2) is 59.6 Å². The predicted octanol–water partition coefficient (Wildman–Crippen LogP) is 3.81. The Bertz CT molecular complexity index is 849. The molecule has 3 heterocycles. The number of hydrogen-bond donors (Lipinski definition) is 1. The molecule has 0 bridgehead atoms. The Morgan fingerprint density at radius 2 is 2.08 bits per heavy atom. The zero-order valence-electron chi connectivity index (χ0n) is 14.3. The standard InChI is InChI=1S/C20H20N4OS/c25-20(19-5-3-11-24(19)12-17-4-1-2-10-21-17)23-16-8-6-15(7-9-16)18-13-26-14-22-18/h1-2,4,6-10,13-14,19H,3,5,11-12H2,(H,23,25)/t19-/m1/s1. The average Bonchev–Trinajstić information content (AvgIpc) is 3.35. The fourth-order valence-electron chi connectivity index (χ4n) is 3.32. The third kappa shape index (κ3) is 3.81. The molecule has 0 radical (unpaired) electrons. The van der Waals surface area contributed by atoms with Crippen LogP contribution < -0.4 is 5.32 Å². The lowest BCUT2D eigenvalue weighted by atomic mass is 10.1. The third-order valence-electron chi connectivity index (χ3n) is 4.64. The minimum atomic E-state index is -0.102. The van der Waals surface area contributed by atoms with Crippen LogP contribution in [0.2, 0.25) is 0 Å². The second-order valence-corrected chi connectivity index (χ2v) is 7.11. The monoisotopic (exact) mass is 364 g/mol. The average molecular weight is 364 g/mol. The number of likely N-dealkylation sites (tertiary alicyclic amines) is 1. The molecule has 1 saturated heterocycles. The molecule has 1 aromatic carbocycles. The number of nitrogens with zero attached hydrogens (tertiary/aromatic N) is 3. The van der Waals surface area contributed by atoms with Gasteiger partial charge >= 0.3 is 0 Å². The second kappa shape index (κ2) is 7.76. The molecule has 5 nitrogen and oxygen atoms in total. The molecule has 6 heteroatoms. The molecule has 0 saturated carbocycles. The lowest BCUT2D eigenvalue weighted by molar-refractivity contribution is -0.120. The van der Waals surface area contributed by atoms with Crippen molar-refractivity contribution in [1.29, 1.82) is 0 Å². The fraction of sp³-hybridized carbons (Fsp3) is 0.250. The minimum Gasteiger partial charge on any atom is -0.325 e. The first-order chi connectivity index (χ1) is 12.8. The normalized spacial score (nSPS) is 17.3. The Hall–Kier alpha value is -2.57. The Kier molecular flexibility index (Phi) is 5.04. The summed E-state index contributed by atoms with van der Waals surface area (Å²) >= 11 is 1.58. The van der Waals surface area contributed by atoms with Crippen LogP contribution in [-0.4, -0.2) is 33.4 Å². The number of rotatable bonds is 5. The van der Waals surface area contributed by atoms with Gasteiger partial charge < -0.3 is 5.32 Å². The summed E-state index contributed by atoms with van der Waals surface area (Å²) in [5.74, 6) is 0.0554.